The summed E-state index contributed by atoms with van der Waals surface area (Å²) in [5.41, 5.74) is -1.99. The van der Waals surface area contributed by atoms with E-state index in [4.69, 9.17) is 0 Å². The molecule has 6 atom stereocenters. The molecule has 1 aliphatic heterocycles. The van der Waals surface area contributed by atoms with Gasteiger partial charge in [0, 0.05) is 31.2 Å². The third kappa shape index (κ3) is 9.41. The number of hydrogen-bond acceptors (Lipinski definition) is 7. The van der Waals surface area contributed by atoms with Gasteiger partial charge in [-0.05, 0) is 76.5 Å². The van der Waals surface area contributed by atoms with E-state index in [1.54, 1.807) is 25.7 Å². The van der Waals surface area contributed by atoms with E-state index in [2.05, 4.69) is 35.1 Å². The normalized spacial score (nSPS) is 24.5. The van der Waals surface area contributed by atoms with Gasteiger partial charge in [-0.2, -0.15) is 4.31 Å². The molecule has 48 heavy (non-hydrogen) atoms. The van der Waals surface area contributed by atoms with Gasteiger partial charge >= 0.3 is 6.03 Å². The van der Waals surface area contributed by atoms with Crippen molar-refractivity contribution in [1.29, 1.82) is 0 Å². The van der Waals surface area contributed by atoms with E-state index in [9.17, 15) is 32.7 Å². The zero-order valence-corrected chi connectivity index (χ0v) is 32.0. The SMILES string of the molecule is CN(C(C)(C)C)S(=O)(=O)CCNC(=O)C(O)C(CC1CCC1)NC(=O)[C@@H]1[C@@H]2C(CN1C(=O)[C@@H](NC(=O)NC(C)(C)C)C(C)(C)C)C2(C)C. The van der Waals surface area contributed by atoms with Gasteiger partial charge in [-0.1, -0.05) is 53.9 Å². The Labute approximate surface area is 288 Å². The number of amides is 5. The van der Waals surface area contributed by atoms with Crippen LogP contribution in [0.25, 0.3) is 0 Å². The van der Waals surface area contributed by atoms with Crippen LogP contribution in [0.2, 0.25) is 0 Å². The summed E-state index contributed by atoms with van der Waals surface area (Å²) < 4.78 is 26.7. The van der Waals surface area contributed by atoms with Crippen LogP contribution in [0.4, 0.5) is 4.79 Å². The van der Waals surface area contributed by atoms with Gasteiger partial charge in [0.15, 0.2) is 6.10 Å². The van der Waals surface area contributed by atoms with Crippen LogP contribution < -0.4 is 21.3 Å². The molecule has 14 heteroatoms. The Morgan fingerprint density at radius 3 is 2.04 bits per heavy atom. The lowest BCUT2D eigenvalue weighted by Gasteiger charge is -2.39. The number of aliphatic hydroxyl groups is 1. The lowest BCUT2D eigenvalue weighted by molar-refractivity contribution is -0.145. The van der Waals surface area contributed by atoms with Gasteiger partial charge in [-0.25, -0.2) is 13.2 Å². The summed E-state index contributed by atoms with van der Waals surface area (Å²) in [5, 5.41) is 22.4. The quantitative estimate of drug-likeness (QED) is 0.208. The molecular formula is C34H62N6O7S. The molecule has 3 fully saturated rings. The van der Waals surface area contributed by atoms with Crippen molar-refractivity contribution >= 4 is 33.8 Å². The number of urea groups is 1. The van der Waals surface area contributed by atoms with Gasteiger partial charge in [0.2, 0.25) is 21.8 Å². The van der Waals surface area contributed by atoms with E-state index in [0.29, 0.717) is 13.0 Å². The largest absolute Gasteiger partial charge is 0.381 e. The Morgan fingerprint density at radius 2 is 1.56 bits per heavy atom. The zero-order valence-electron chi connectivity index (χ0n) is 31.2. The van der Waals surface area contributed by atoms with Crippen molar-refractivity contribution in [2.45, 2.75) is 137 Å². The summed E-state index contributed by atoms with van der Waals surface area (Å²) in [7, 11) is -2.18. The average molecular weight is 699 g/mol. The number of piperidine rings is 1. The summed E-state index contributed by atoms with van der Waals surface area (Å²) in [6, 6.07) is -3.16. The van der Waals surface area contributed by atoms with Crippen molar-refractivity contribution in [3.8, 4) is 0 Å². The Balaban J connectivity index is 1.78. The molecule has 276 valence electrons. The Morgan fingerprint density at radius 1 is 0.979 bits per heavy atom. The van der Waals surface area contributed by atoms with Gasteiger partial charge in [-0.15, -0.1) is 0 Å². The highest BCUT2D eigenvalue weighted by atomic mass is 32.2. The van der Waals surface area contributed by atoms with Crippen molar-refractivity contribution in [3.05, 3.63) is 0 Å². The van der Waals surface area contributed by atoms with Crippen molar-refractivity contribution in [2.24, 2.45) is 28.6 Å². The number of hydrogen-bond donors (Lipinski definition) is 5. The predicted molar refractivity (Wildman–Crippen MR) is 185 cm³/mol. The summed E-state index contributed by atoms with van der Waals surface area (Å²) in [4.78, 5) is 56.0. The fourth-order valence-electron chi connectivity index (χ4n) is 6.90. The average Bonchev–Trinajstić information content (AvgIpc) is 3.22. The summed E-state index contributed by atoms with van der Waals surface area (Å²) in [5.74, 6) is -1.71. The second-order valence-corrected chi connectivity index (χ2v) is 20.0. The molecule has 2 saturated carbocycles. The van der Waals surface area contributed by atoms with Crippen molar-refractivity contribution < 1.29 is 32.7 Å². The molecule has 3 aliphatic rings. The van der Waals surface area contributed by atoms with Crippen molar-refractivity contribution in [3.63, 3.8) is 0 Å². The Bertz CT molecular complexity index is 1330. The molecule has 0 radical (unpaired) electrons. The van der Waals surface area contributed by atoms with Crippen LogP contribution in [-0.4, -0.2) is 108 Å². The Kier molecular flexibility index (Phi) is 11.7. The van der Waals surface area contributed by atoms with Gasteiger partial charge in [0.1, 0.15) is 12.1 Å². The smallest absolute Gasteiger partial charge is 0.315 e. The molecule has 2 aliphatic carbocycles. The van der Waals surface area contributed by atoms with Gasteiger partial charge in [0.25, 0.3) is 5.91 Å². The van der Waals surface area contributed by atoms with Crippen LogP contribution in [0, 0.1) is 28.6 Å². The monoisotopic (exact) mass is 698 g/mol. The van der Waals surface area contributed by atoms with Crippen molar-refractivity contribution in [1.82, 2.24) is 30.5 Å². The van der Waals surface area contributed by atoms with Crippen molar-refractivity contribution in [2.75, 3.05) is 25.9 Å². The number of aliphatic hydroxyl groups excluding tert-OH is 1. The number of fused-ring (bicyclic) bond motifs is 1. The highest BCUT2D eigenvalue weighted by Crippen LogP contribution is 2.65. The molecule has 1 saturated heterocycles. The van der Waals surface area contributed by atoms with E-state index in [1.165, 1.54) is 11.4 Å². The third-order valence-corrected chi connectivity index (χ3v) is 12.6. The van der Waals surface area contributed by atoms with Crippen LogP contribution >= 0.6 is 0 Å². The third-order valence-electron chi connectivity index (χ3n) is 10.4. The topological polar surface area (TPSA) is 177 Å². The molecule has 0 aromatic carbocycles. The molecule has 0 spiro atoms. The minimum Gasteiger partial charge on any atom is -0.381 e. The molecule has 0 aromatic heterocycles. The van der Waals surface area contributed by atoms with Crippen LogP contribution in [0.15, 0.2) is 0 Å². The number of carbonyl (C=O) groups excluding carboxylic acids is 4. The standard InChI is InChI=1S/C34H62N6O7S/c1-31(2,3)26(37-30(45)38-32(4,5)6)29(44)40-19-21-23(34(21,10)11)24(40)27(42)36-22(18-20-14-13-15-20)25(41)28(43)35-16-17-48(46,47)39(12)33(7,8)9/h20-26,41H,13-19H2,1-12H3,(H,35,43)(H,36,42)(H2,37,38,45)/t21?,22?,23-,24-,25?,26+/m0/s1. The fraction of sp³-hybridized carbons (Fsp3) is 0.882. The first-order chi connectivity index (χ1) is 21.7. The van der Waals surface area contributed by atoms with Gasteiger partial charge < -0.3 is 31.3 Å². The number of carbonyl (C=O) groups is 4. The van der Waals surface area contributed by atoms with Gasteiger partial charge in [0.05, 0.1) is 11.8 Å². The number of nitrogens with one attached hydrogen (secondary N) is 4. The van der Waals surface area contributed by atoms with Crippen LogP contribution in [-0.2, 0) is 24.4 Å². The second-order valence-electron chi connectivity index (χ2n) is 17.9. The maximum Gasteiger partial charge on any atom is 0.315 e. The first-order valence-corrected chi connectivity index (χ1v) is 18.9. The minimum atomic E-state index is -3.67. The van der Waals surface area contributed by atoms with Crippen LogP contribution in [0.3, 0.4) is 0 Å². The van der Waals surface area contributed by atoms with E-state index in [-0.39, 0.29) is 41.4 Å². The van der Waals surface area contributed by atoms with E-state index in [0.717, 1.165) is 19.3 Å². The first kappa shape index (κ1) is 40.0. The lowest BCUT2D eigenvalue weighted by Crippen LogP contribution is -2.62. The first-order valence-electron chi connectivity index (χ1n) is 17.3. The molecule has 5 amide bonds. The maximum atomic E-state index is 14.2. The number of sulfonamides is 1. The molecule has 13 nitrogen and oxygen atoms in total. The molecule has 3 unspecified atom stereocenters. The molecule has 5 N–H and O–H groups in total. The predicted octanol–water partition coefficient (Wildman–Crippen LogP) is 2.19. The highest BCUT2D eigenvalue weighted by molar-refractivity contribution is 7.89. The molecule has 0 aromatic rings. The van der Waals surface area contributed by atoms with Crippen LogP contribution in [0.1, 0.15) is 102 Å². The summed E-state index contributed by atoms with van der Waals surface area (Å²) >= 11 is 0. The Hall–Kier alpha value is -2.45. The number of likely N-dealkylation sites (tertiary alicyclic amines) is 1. The maximum absolute atomic E-state index is 14.2. The lowest BCUT2D eigenvalue weighted by atomic mass is 9.79. The summed E-state index contributed by atoms with van der Waals surface area (Å²) in [6.45, 7) is 20.7. The van der Waals surface area contributed by atoms with E-state index >= 15 is 0 Å². The van der Waals surface area contributed by atoms with Gasteiger partial charge in [-0.3, -0.25) is 14.4 Å². The fourth-order valence-corrected chi connectivity index (χ4v) is 8.37. The number of nitrogens with zero attached hydrogens (tertiary/aromatic N) is 2. The minimum absolute atomic E-state index is 0.0905. The summed E-state index contributed by atoms with van der Waals surface area (Å²) in [6.07, 6.45) is 1.62. The van der Waals surface area contributed by atoms with E-state index < -0.39 is 68.6 Å². The molecule has 0 bridgehead atoms. The molecule has 1 heterocycles. The second kappa shape index (κ2) is 14.0. The highest BCUT2D eigenvalue weighted by Gasteiger charge is 2.70. The molecule has 3 rings (SSSR count). The zero-order chi connectivity index (χ0) is 36.8. The molecular weight excluding hydrogens is 636 g/mol. The van der Waals surface area contributed by atoms with Crippen LogP contribution in [0.5, 0.6) is 0 Å². The van der Waals surface area contributed by atoms with E-state index in [1.807, 2.05) is 41.5 Å². The number of rotatable bonds is 12.